The van der Waals surface area contributed by atoms with E-state index < -0.39 is 5.54 Å². The number of likely N-dealkylation sites (tertiary alicyclic amines) is 2. The van der Waals surface area contributed by atoms with E-state index in [-0.39, 0.29) is 17.7 Å². The number of rotatable bonds is 10. The summed E-state index contributed by atoms with van der Waals surface area (Å²) in [4.78, 5) is 35.7. The van der Waals surface area contributed by atoms with Crippen LogP contribution in [0.5, 0.6) is 0 Å². The van der Waals surface area contributed by atoms with Crippen molar-refractivity contribution in [2.45, 2.75) is 50.0 Å². The maximum Gasteiger partial charge on any atom is 0.253 e. The molecule has 5 rings (SSSR count). The fourth-order valence-corrected chi connectivity index (χ4v) is 7.39. The predicted octanol–water partition coefficient (Wildman–Crippen LogP) is 7.32. The summed E-state index contributed by atoms with van der Waals surface area (Å²) < 4.78 is 0. The molecule has 45 heavy (non-hydrogen) atoms. The van der Waals surface area contributed by atoms with Crippen LogP contribution in [0.15, 0.2) is 72.8 Å². The van der Waals surface area contributed by atoms with E-state index in [0.717, 1.165) is 68.7 Å². The second-order valence-corrected chi connectivity index (χ2v) is 13.7. The van der Waals surface area contributed by atoms with Gasteiger partial charge in [-0.05, 0) is 92.7 Å². The average Bonchev–Trinajstić information content (AvgIpc) is 3.08. The van der Waals surface area contributed by atoms with Crippen LogP contribution < -0.4 is 0 Å². The molecule has 0 spiro atoms. The highest BCUT2D eigenvalue weighted by Crippen LogP contribution is 2.35. The van der Waals surface area contributed by atoms with Gasteiger partial charge in [0.25, 0.3) is 5.91 Å². The lowest BCUT2D eigenvalue weighted by Crippen LogP contribution is -2.64. The van der Waals surface area contributed by atoms with Crippen LogP contribution in [0.4, 0.5) is 0 Å². The average molecular weight is 650 g/mol. The molecular weight excluding hydrogens is 603 g/mol. The fourth-order valence-electron chi connectivity index (χ4n) is 7.09. The van der Waals surface area contributed by atoms with E-state index in [1.54, 1.807) is 4.90 Å². The number of hydrogen-bond donors (Lipinski definition) is 0. The lowest BCUT2D eigenvalue weighted by Gasteiger charge is -2.50. The van der Waals surface area contributed by atoms with Crippen molar-refractivity contribution in [2.24, 2.45) is 0 Å². The first-order valence-electron chi connectivity index (χ1n) is 16.2. The lowest BCUT2D eigenvalue weighted by molar-refractivity contribution is -0.147. The quantitative estimate of drug-likeness (QED) is 0.231. The second kappa shape index (κ2) is 15.1. The number of hydrogen-bond acceptors (Lipinski definition) is 4. The molecule has 0 saturated carbocycles. The van der Waals surface area contributed by atoms with E-state index in [0.29, 0.717) is 22.2 Å². The molecule has 3 aromatic carbocycles. The molecule has 0 radical (unpaired) electrons. The summed E-state index contributed by atoms with van der Waals surface area (Å²) >= 11 is 12.7. The number of benzene rings is 3. The number of nitrogens with zero attached hydrogens (tertiary/aromatic N) is 4. The van der Waals surface area contributed by atoms with Gasteiger partial charge in [-0.25, -0.2) is 0 Å². The van der Waals surface area contributed by atoms with Crippen LogP contribution in [-0.2, 0) is 4.79 Å². The lowest BCUT2D eigenvalue weighted by atomic mass is 9.82. The summed E-state index contributed by atoms with van der Waals surface area (Å²) in [6, 6.07) is 23.8. The first kappa shape index (κ1) is 33.5. The molecule has 3 aromatic rings. The Balaban J connectivity index is 1.26. The highest BCUT2D eigenvalue weighted by Gasteiger charge is 2.47. The van der Waals surface area contributed by atoms with Crippen molar-refractivity contribution < 1.29 is 9.59 Å². The topological polar surface area (TPSA) is 47.1 Å². The van der Waals surface area contributed by atoms with Crippen LogP contribution in [0, 0.1) is 0 Å². The van der Waals surface area contributed by atoms with Crippen LogP contribution in [0.1, 0.15) is 60.4 Å². The van der Waals surface area contributed by atoms with Gasteiger partial charge in [-0.3, -0.25) is 14.5 Å². The van der Waals surface area contributed by atoms with Crippen LogP contribution in [0.25, 0.3) is 11.1 Å². The van der Waals surface area contributed by atoms with Crippen molar-refractivity contribution in [2.75, 3.05) is 60.4 Å². The predicted molar refractivity (Wildman–Crippen MR) is 185 cm³/mol. The molecular formula is C37H46Cl2N4O2. The molecule has 8 heteroatoms. The summed E-state index contributed by atoms with van der Waals surface area (Å²) in [5.41, 5.74) is 3.56. The van der Waals surface area contributed by atoms with E-state index in [1.807, 2.05) is 86.7 Å². The van der Waals surface area contributed by atoms with Gasteiger partial charge in [0.1, 0.15) is 5.54 Å². The van der Waals surface area contributed by atoms with E-state index in [1.165, 1.54) is 19.3 Å². The first-order valence-corrected chi connectivity index (χ1v) is 17.0. The van der Waals surface area contributed by atoms with Crippen molar-refractivity contribution in [1.29, 1.82) is 0 Å². The Morgan fingerprint density at radius 1 is 0.800 bits per heavy atom. The monoisotopic (exact) mass is 648 g/mol. The minimum Gasteiger partial charge on any atom is -0.347 e. The van der Waals surface area contributed by atoms with Gasteiger partial charge in [0, 0.05) is 52.3 Å². The molecule has 1 unspecified atom stereocenters. The smallest absolute Gasteiger partial charge is 0.253 e. The standard InChI is InChI=1S/C37H46Cl2N4O2/c1-40(2)36(45)37(43-21-8-5-9-22-43)19-24-42(25-20-37)23-18-32(31-16-17-33(38)34(39)26-31)27-41(3)35(44)30-14-12-29(13-15-30)28-10-6-4-7-11-28/h4,6-7,10-17,26,32H,5,8-9,18-25,27H2,1-3H3. The second-order valence-electron chi connectivity index (χ2n) is 12.9. The summed E-state index contributed by atoms with van der Waals surface area (Å²) in [7, 11) is 5.65. The Morgan fingerprint density at radius 3 is 2.07 bits per heavy atom. The summed E-state index contributed by atoms with van der Waals surface area (Å²) in [5.74, 6) is 0.315. The Labute approximate surface area is 278 Å². The van der Waals surface area contributed by atoms with Crippen LogP contribution in [-0.4, -0.2) is 97.4 Å². The van der Waals surface area contributed by atoms with Gasteiger partial charge in [0.15, 0.2) is 0 Å². The minimum absolute atomic E-state index is 0.00819. The Morgan fingerprint density at radius 2 is 1.44 bits per heavy atom. The Bertz CT molecular complexity index is 1430. The van der Waals surface area contributed by atoms with Crippen LogP contribution in [0.2, 0.25) is 10.0 Å². The molecule has 2 saturated heterocycles. The van der Waals surface area contributed by atoms with Gasteiger partial charge in [0.2, 0.25) is 5.91 Å². The molecule has 0 bridgehead atoms. The molecule has 2 heterocycles. The third-order valence-corrected chi connectivity index (χ3v) is 10.5. The number of halogens is 2. The van der Waals surface area contributed by atoms with Crippen molar-refractivity contribution in [3.05, 3.63) is 94.0 Å². The molecule has 6 nitrogen and oxygen atoms in total. The van der Waals surface area contributed by atoms with Gasteiger partial charge in [0.05, 0.1) is 10.0 Å². The molecule has 1 atom stereocenters. The Kier molecular flexibility index (Phi) is 11.2. The zero-order valence-corrected chi connectivity index (χ0v) is 28.4. The summed E-state index contributed by atoms with van der Waals surface area (Å²) in [5, 5.41) is 1.05. The normalized spacial score (nSPS) is 17.9. The number of carbonyl (C=O) groups is 2. The summed E-state index contributed by atoms with van der Waals surface area (Å²) in [6.07, 6.45) is 6.14. The largest absolute Gasteiger partial charge is 0.347 e. The molecule has 0 aliphatic carbocycles. The SMILES string of the molecule is CN(C)C(=O)C1(N2CCCCC2)CCN(CCC(CN(C)C(=O)c2ccc(-c3ccccc3)cc2)c2ccc(Cl)c(Cl)c2)CC1. The van der Waals surface area contributed by atoms with Crippen molar-refractivity contribution >= 4 is 35.0 Å². The third kappa shape index (κ3) is 7.91. The van der Waals surface area contributed by atoms with E-state index in [2.05, 4.69) is 21.9 Å². The number of likely N-dealkylation sites (N-methyl/N-ethyl adjacent to an activating group) is 2. The van der Waals surface area contributed by atoms with Gasteiger partial charge >= 0.3 is 0 Å². The number of amides is 2. The number of piperidine rings is 2. The van der Waals surface area contributed by atoms with Crippen molar-refractivity contribution in [3.63, 3.8) is 0 Å². The summed E-state index contributed by atoms with van der Waals surface area (Å²) in [6.45, 7) is 5.22. The van der Waals surface area contributed by atoms with Gasteiger partial charge in [-0.1, -0.05) is 78.2 Å². The highest BCUT2D eigenvalue weighted by atomic mass is 35.5. The third-order valence-electron chi connectivity index (χ3n) is 9.74. The molecule has 0 N–H and O–H groups in total. The zero-order valence-electron chi connectivity index (χ0n) is 26.9. The highest BCUT2D eigenvalue weighted by molar-refractivity contribution is 6.42. The maximum absolute atomic E-state index is 13.6. The molecule has 2 aliphatic heterocycles. The van der Waals surface area contributed by atoms with E-state index in [4.69, 9.17) is 23.2 Å². The van der Waals surface area contributed by atoms with Crippen molar-refractivity contribution in [1.82, 2.24) is 19.6 Å². The van der Waals surface area contributed by atoms with Gasteiger partial charge in [-0.15, -0.1) is 0 Å². The fraction of sp³-hybridized carbons (Fsp3) is 0.459. The molecule has 2 amide bonds. The minimum atomic E-state index is -0.397. The van der Waals surface area contributed by atoms with E-state index >= 15 is 0 Å². The van der Waals surface area contributed by atoms with Gasteiger partial charge < -0.3 is 14.7 Å². The van der Waals surface area contributed by atoms with E-state index in [9.17, 15) is 9.59 Å². The van der Waals surface area contributed by atoms with Gasteiger partial charge in [-0.2, -0.15) is 0 Å². The molecule has 2 fully saturated rings. The van der Waals surface area contributed by atoms with Crippen LogP contribution >= 0.6 is 23.2 Å². The molecule has 240 valence electrons. The first-order chi connectivity index (χ1) is 21.7. The van der Waals surface area contributed by atoms with Crippen molar-refractivity contribution in [3.8, 4) is 11.1 Å². The van der Waals surface area contributed by atoms with Crippen LogP contribution in [0.3, 0.4) is 0 Å². The molecule has 2 aliphatic rings. The maximum atomic E-state index is 13.6. The molecule has 0 aromatic heterocycles. The zero-order chi connectivity index (χ0) is 32.0. The number of carbonyl (C=O) groups excluding carboxylic acids is 2. The Hall–Kier alpha value is -2.90.